The maximum absolute atomic E-state index is 5.07. The summed E-state index contributed by atoms with van der Waals surface area (Å²) in [5.41, 5.74) is 1.16. The van der Waals surface area contributed by atoms with Gasteiger partial charge in [0.05, 0.1) is 7.11 Å². The molecule has 11 heavy (non-hydrogen) atoms. The van der Waals surface area contributed by atoms with Crippen LogP contribution >= 0.6 is 28.6 Å². The highest BCUT2D eigenvalue weighted by molar-refractivity contribution is 9.10. The van der Waals surface area contributed by atoms with Crippen LogP contribution < -0.4 is 4.74 Å². The first-order valence-electron chi connectivity index (χ1n) is 3.18. The van der Waals surface area contributed by atoms with E-state index >= 15 is 0 Å². The predicted molar refractivity (Wildman–Crippen MR) is 52.7 cm³/mol. The smallest absolute Gasteiger partial charge is 0.133 e. The second-order valence-corrected chi connectivity index (χ2v) is 3.61. The summed E-state index contributed by atoms with van der Waals surface area (Å²) in [4.78, 5) is 0.869. The number of methoxy groups -OCH3 is 1. The van der Waals surface area contributed by atoms with Crippen molar-refractivity contribution in [2.24, 2.45) is 0 Å². The number of halogens is 1. The van der Waals surface area contributed by atoms with Crippen LogP contribution in [0.15, 0.2) is 21.5 Å². The highest BCUT2D eigenvalue weighted by Crippen LogP contribution is 2.29. The first-order valence-corrected chi connectivity index (χ1v) is 4.42. The van der Waals surface area contributed by atoms with Crippen LogP contribution in [0.3, 0.4) is 0 Å². The second kappa shape index (κ2) is 3.50. The lowest BCUT2D eigenvalue weighted by molar-refractivity contribution is 0.404. The predicted octanol–water partition coefficient (Wildman–Crippen LogP) is 3.05. The molecule has 0 aromatic heterocycles. The monoisotopic (exact) mass is 232 g/mol. The third-order valence-electron chi connectivity index (χ3n) is 1.46. The van der Waals surface area contributed by atoms with Crippen molar-refractivity contribution in [1.82, 2.24) is 0 Å². The van der Waals surface area contributed by atoms with E-state index in [1.165, 1.54) is 0 Å². The van der Waals surface area contributed by atoms with E-state index in [0.717, 1.165) is 20.7 Å². The van der Waals surface area contributed by atoms with Crippen molar-refractivity contribution in [1.29, 1.82) is 0 Å². The lowest BCUT2D eigenvalue weighted by atomic mass is 10.2. The SMILES string of the molecule is COc1cc(Br)c(C)cc1S. The van der Waals surface area contributed by atoms with Crippen LogP contribution in [0.25, 0.3) is 0 Å². The molecule has 0 fully saturated rings. The minimum Gasteiger partial charge on any atom is -0.496 e. The van der Waals surface area contributed by atoms with Crippen LogP contribution in [0, 0.1) is 6.92 Å². The summed E-state index contributed by atoms with van der Waals surface area (Å²) in [7, 11) is 1.64. The molecule has 1 aromatic carbocycles. The van der Waals surface area contributed by atoms with Gasteiger partial charge in [0.1, 0.15) is 5.75 Å². The minimum absolute atomic E-state index is 0.797. The standard InChI is InChI=1S/C8H9BrOS/c1-5-3-8(11)7(10-2)4-6(5)9/h3-4,11H,1-2H3. The fourth-order valence-electron chi connectivity index (χ4n) is 0.812. The van der Waals surface area contributed by atoms with E-state index in [-0.39, 0.29) is 0 Å². The summed E-state index contributed by atoms with van der Waals surface area (Å²) in [6.45, 7) is 2.02. The van der Waals surface area contributed by atoms with Gasteiger partial charge in [0.15, 0.2) is 0 Å². The Bertz CT molecular complexity index is 273. The van der Waals surface area contributed by atoms with Crippen LogP contribution in [0.1, 0.15) is 5.56 Å². The van der Waals surface area contributed by atoms with Gasteiger partial charge in [0.2, 0.25) is 0 Å². The van der Waals surface area contributed by atoms with Crippen molar-refractivity contribution in [3.05, 3.63) is 22.2 Å². The van der Waals surface area contributed by atoms with Crippen LogP contribution in [0.4, 0.5) is 0 Å². The van der Waals surface area contributed by atoms with Crippen molar-refractivity contribution < 1.29 is 4.74 Å². The number of rotatable bonds is 1. The fourth-order valence-corrected chi connectivity index (χ4v) is 1.48. The molecule has 0 N–H and O–H groups in total. The maximum Gasteiger partial charge on any atom is 0.133 e. The molecule has 1 nitrogen and oxygen atoms in total. The summed E-state index contributed by atoms with van der Waals surface area (Å²) in [6.07, 6.45) is 0. The molecule has 3 heteroatoms. The lowest BCUT2D eigenvalue weighted by Crippen LogP contribution is -1.86. The molecular formula is C8H9BrOS. The van der Waals surface area contributed by atoms with Gasteiger partial charge in [-0.05, 0) is 24.6 Å². The molecule has 0 radical (unpaired) electrons. The van der Waals surface area contributed by atoms with Crippen molar-refractivity contribution in [3.8, 4) is 5.75 Å². The highest BCUT2D eigenvalue weighted by Gasteiger charge is 2.01. The molecule has 0 saturated carbocycles. The van der Waals surface area contributed by atoms with Crippen LogP contribution in [-0.4, -0.2) is 7.11 Å². The molecule has 0 unspecified atom stereocenters. The van der Waals surface area contributed by atoms with Crippen molar-refractivity contribution in [2.45, 2.75) is 11.8 Å². The topological polar surface area (TPSA) is 9.23 Å². The van der Waals surface area contributed by atoms with Crippen molar-refractivity contribution in [2.75, 3.05) is 7.11 Å². The lowest BCUT2D eigenvalue weighted by Gasteiger charge is -2.05. The second-order valence-electron chi connectivity index (χ2n) is 2.27. The fraction of sp³-hybridized carbons (Fsp3) is 0.250. The first-order chi connectivity index (χ1) is 5.15. The third kappa shape index (κ3) is 1.91. The summed E-state index contributed by atoms with van der Waals surface area (Å²) in [5.74, 6) is 0.797. The molecule has 0 aliphatic heterocycles. The molecule has 60 valence electrons. The van der Waals surface area contributed by atoms with E-state index in [2.05, 4.69) is 28.6 Å². The minimum atomic E-state index is 0.797. The van der Waals surface area contributed by atoms with Gasteiger partial charge < -0.3 is 4.74 Å². The molecular weight excluding hydrogens is 224 g/mol. The van der Waals surface area contributed by atoms with E-state index < -0.39 is 0 Å². The van der Waals surface area contributed by atoms with E-state index in [1.807, 2.05) is 19.1 Å². The average molecular weight is 233 g/mol. The van der Waals surface area contributed by atoms with E-state index in [4.69, 9.17) is 4.74 Å². The maximum atomic E-state index is 5.07. The zero-order valence-corrected chi connectivity index (χ0v) is 8.87. The van der Waals surface area contributed by atoms with E-state index in [0.29, 0.717) is 0 Å². The van der Waals surface area contributed by atoms with Gasteiger partial charge in [0.25, 0.3) is 0 Å². The molecule has 0 bridgehead atoms. The normalized spacial score (nSPS) is 9.82. The quantitative estimate of drug-likeness (QED) is 0.733. The van der Waals surface area contributed by atoms with Crippen molar-refractivity contribution >= 4 is 28.6 Å². The summed E-state index contributed by atoms with van der Waals surface area (Å²) >= 11 is 7.66. The Labute approximate surface area is 80.3 Å². The largest absolute Gasteiger partial charge is 0.496 e. The summed E-state index contributed by atoms with van der Waals surface area (Å²) < 4.78 is 6.12. The summed E-state index contributed by atoms with van der Waals surface area (Å²) in [6, 6.07) is 3.88. The Hall–Kier alpha value is -0.150. The molecule has 1 rings (SSSR count). The van der Waals surface area contributed by atoms with Gasteiger partial charge in [-0.15, -0.1) is 12.6 Å². The third-order valence-corrected chi connectivity index (χ3v) is 2.66. The van der Waals surface area contributed by atoms with Gasteiger partial charge in [0, 0.05) is 9.37 Å². The molecule has 0 aliphatic rings. The Balaban J connectivity index is 3.21. The average Bonchev–Trinajstić information content (AvgIpc) is 1.97. The van der Waals surface area contributed by atoms with Gasteiger partial charge in [-0.3, -0.25) is 0 Å². The van der Waals surface area contributed by atoms with Crippen LogP contribution in [0.5, 0.6) is 5.75 Å². The Morgan fingerprint density at radius 2 is 2.09 bits per heavy atom. The number of ether oxygens (including phenoxy) is 1. The number of hydrogen-bond donors (Lipinski definition) is 1. The molecule has 1 aromatic rings. The molecule has 0 spiro atoms. The van der Waals surface area contributed by atoms with Gasteiger partial charge in [-0.1, -0.05) is 15.9 Å². The number of aryl methyl sites for hydroxylation is 1. The molecule has 0 atom stereocenters. The Morgan fingerprint density at radius 3 is 2.64 bits per heavy atom. The molecule has 0 saturated heterocycles. The summed E-state index contributed by atoms with van der Waals surface area (Å²) in [5, 5.41) is 0. The first kappa shape index (κ1) is 8.94. The Kier molecular flexibility index (Phi) is 2.84. The van der Waals surface area contributed by atoms with Crippen molar-refractivity contribution in [3.63, 3.8) is 0 Å². The highest BCUT2D eigenvalue weighted by atomic mass is 79.9. The molecule has 0 heterocycles. The van der Waals surface area contributed by atoms with E-state index in [9.17, 15) is 0 Å². The molecule has 0 aliphatic carbocycles. The van der Waals surface area contributed by atoms with Gasteiger partial charge >= 0.3 is 0 Å². The van der Waals surface area contributed by atoms with Gasteiger partial charge in [-0.25, -0.2) is 0 Å². The molecule has 0 amide bonds. The van der Waals surface area contributed by atoms with Crippen LogP contribution in [-0.2, 0) is 0 Å². The number of hydrogen-bond acceptors (Lipinski definition) is 2. The zero-order valence-electron chi connectivity index (χ0n) is 6.39. The van der Waals surface area contributed by atoms with E-state index in [1.54, 1.807) is 7.11 Å². The number of thiol groups is 1. The zero-order chi connectivity index (χ0) is 8.43. The van der Waals surface area contributed by atoms with Gasteiger partial charge in [-0.2, -0.15) is 0 Å². The number of benzene rings is 1. The Morgan fingerprint density at radius 1 is 1.45 bits per heavy atom. The van der Waals surface area contributed by atoms with Crippen LogP contribution in [0.2, 0.25) is 0 Å².